The molecule has 0 bridgehead atoms. The van der Waals surface area contributed by atoms with Crippen molar-refractivity contribution < 1.29 is 9.53 Å². The average molecular weight is 220 g/mol. The molecule has 0 unspecified atom stereocenters. The number of carbonyl (C=O) groups is 1. The average Bonchev–Trinajstić information content (AvgIpc) is 2.52. The van der Waals surface area contributed by atoms with E-state index in [0.29, 0.717) is 6.42 Å². The van der Waals surface area contributed by atoms with Crippen LogP contribution < -0.4 is 10.6 Å². The highest BCUT2D eigenvalue weighted by molar-refractivity contribution is 5.71. The van der Waals surface area contributed by atoms with E-state index < -0.39 is 0 Å². The van der Waals surface area contributed by atoms with Crippen molar-refractivity contribution in [2.45, 2.75) is 6.42 Å². The van der Waals surface area contributed by atoms with Crippen molar-refractivity contribution in [1.29, 1.82) is 0 Å². The highest BCUT2D eigenvalue weighted by Gasteiger charge is 2.17. The Morgan fingerprint density at radius 1 is 1.31 bits per heavy atom. The summed E-state index contributed by atoms with van der Waals surface area (Å²) in [4.78, 5) is 11.2. The van der Waals surface area contributed by atoms with Crippen LogP contribution in [0.15, 0.2) is 24.3 Å². The van der Waals surface area contributed by atoms with Crippen LogP contribution in [0.25, 0.3) is 0 Å². The number of rotatable bonds is 2. The zero-order valence-electron chi connectivity index (χ0n) is 9.32. The van der Waals surface area contributed by atoms with E-state index in [2.05, 4.69) is 15.4 Å². The Labute approximate surface area is 95.0 Å². The molecule has 0 radical (unpaired) electrons. The Morgan fingerprint density at radius 2 is 1.88 bits per heavy atom. The molecule has 0 fully saturated rings. The normalized spacial score (nSPS) is 15.3. The van der Waals surface area contributed by atoms with Crippen LogP contribution in [0.1, 0.15) is 6.42 Å². The maximum absolute atomic E-state index is 11.2. The van der Waals surface area contributed by atoms with Crippen LogP contribution in [0.5, 0.6) is 0 Å². The third-order valence-corrected chi connectivity index (χ3v) is 2.77. The first-order valence-electron chi connectivity index (χ1n) is 5.43. The standard InChI is InChI=1S/C12H16N2O2/c1-16-12(15)6-9-7-13-10-4-2-3-5-11(10)14-8-9/h2-5,9,13-14H,6-8H2,1H3. The second-order valence-electron chi connectivity index (χ2n) is 3.95. The first kappa shape index (κ1) is 10.8. The van der Waals surface area contributed by atoms with Gasteiger partial charge in [-0.2, -0.15) is 0 Å². The molecular weight excluding hydrogens is 204 g/mol. The molecule has 1 aromatic carbocycles. The first-order valence-corrected chi connectivity index (χ1v) is 5.43. The van der Waals surface area contributed by atoms with E-state index in [9.17, 15) is 4.79 Å². The third-order valence-electron chi connectivity index (χ3n) is 2.77. The van der Waals surface area contributed by atoms with Crippen LogP contribution in [-0.2, 0) is 9.53 Å². The van der Waals surface area contributed by atoms with Gasteiger partial charge in [0.05, 0.1) is 24.9 Å². The molecule has 2 N–H and O–H groups in total. The minimum absolute atomic E-state index is 0.153. The molecule has 4 nitrogen and oxygen atoms in total. The summed E-state index contributed by atoms with van der Waals surface area (Å²) in [6.45, 7) is 1.58. The summed E-state index contributed by atoms with van der Waals surface area (Å²) in [5.41, 5.74) is 2.18. The molecule has 1 aliphatic heterocycles. The molecule has 0 atom stereocenters. The molecule has 1 aliphatic rings. The monoisotopic (exact) mass is 220 g/mol. The van der Waals surface area contributed by atoms with Crippen LogP contribution >= 0.6 is 0 Å². The number of ether oxygens (including phenoxy) is 1. The Hall–Kier alpha value is -1.71. The number of hydrogen-bond donors (Lipinski definition) is 2. The van der Waals surface area contributed by atoms with Gasteiger partial charge in [-0.05, 0) is 12.1 Å². The fourth-order valence-electron chi connectivity index (χ4n) is 1.84. The summed E-state index contributed by atoms with van der Waals surface area (Å²) in [6, 6.07) is 8.05. The van der Waals surface area contributed by atoms with Gasteiger partial charge >= 0.3 is 5.97 Å². The lowest BCUT2D eigenvalue weighted by Crippen LogP contribution is -2.22. The third kappa shape index (κ3) is 2.45. The molecule has 1 aromatic rings. The number of fused-ring (bicyclic) bond motifs is 1. The molecule has 0 saturated carbocycles. The summed E-state index contributed by atoms with van der Waals surface area (Å²) in [7, 11) is 1.43. The Kier molecular flexibility index (Phi) is 3.29. The van der Waals surface area contributed by atoms with E-state index in [1.54, 1.807) is 0 Å². The number of anilines is 2. The predicted octanol–water partition coefficient (Wildman–Crippen LogP) is 1.70. The lowest BCUT2D eigenvalue weighted by atomic mass is 10.1. The molecule has 1 heterocycles. The minimum atomic E-state index is -0.153. The van der Waals surface area contributed by atoms with Crippen LogP contribution in [0.4, 0.5) is 11.4 Å². The number of carbonyl (C=O) groups excluding carboxylic acids is 1. The maximum Gasteiger partial charge on any atom is 0.305 e. The summed E-state index contributed by atoms with van der Waals surface area (Å²) in [5.74, 6) is 0.111. The molecule has 86 valence electrons. The second-order valence-corrected chi connectivity index (χ2v) is 3.95. The SMILES string of the molecule is COC(=O)CC1CNc2ccccc2NC1. The molecule has 2 rings (SSSR count). The number of esters is 1. The van der Waals surface area contributed by atoms with E-state index in [4.69, 9.17) is 0 Å². The Balaban J connectivity index is 1.99. The molecular formula is C12H16N2O2. The fraction of sp³-hybridized carbons (Fsp3) is 0.417. The topological polar surface area (TPSA) is 50.4 Å². The largest absolute Gasteiger partial charge is 0.469 e. The van der Waals surface area contributed by atoms with Gasteiger partial charge in [-0.25, -0.2) is 0 Å². The van der Waals surface area contributed by atoms with Crippen molar-refractivity contribution >= 4 is 17.3 Å². The number of hydrogen-bond acceptors (Lipinski definition) is 4. The van der Waals surface area contributed by atoms with Gasteiger partial charge in [0.15, 0.2) is 0 Å². The molecule has 0 saturated heterocycles. The van der Waals surface area contributed by atoms with E-state index in [1.165, 1.54) is 7.11 Å². The Morgan fingerprint density at radius 3 is 2.38 bits per heavy atom. The van der Waals surface area contributed by atoms with Crippen molar-refractivity contribution in [3.8, 4) is 0 Å². The van der Waals surface area contributed by atoms with Crippen LogP contribution in [-0.4, -0.2) is 26.2 Å². The van der Waals surface area contributed by atoms with Gasteiger partial charge in [0, 0.05) is 19.0 Å². The first-order chi connectivity index (χ1) is 7.79. The van der Waals surface area contributed by atoms with Crippen LogP contribution in [0.2, 0.25) is 0 Å². The van der Waals surface area contributed by atoms with Gasteiger partial charge in [0.25, 0.3) is 0 Å². The molecule has 0 aliphatic carbocycles. The number of methoxy groups -OCH3 is 1. The molecule has 0 aromatic heterocycles. The van der Waals surface area contributed by atoms with Gasteiger partial charge in [-0.3, -0.25) is 4.79 Å². The molecule has 0 spiro atoms. The maximum atomic E-state index is 11.2. The number of para-hydroxylation sites is 2. The molecule has 16 heavy (non-hydrogen) atoms. The van der Waals surface area contributed by atoms with Crippen molar-refractivity contribution in [1.82, 2.24) is 0 Å². The smallest absolute Gasteiger partial charge is 0.305 e. The highest BCUT2D eigenvalue weighted by Crippen LogP contribution is 2.24. The van der Waals surface area contributed by atoms with Crippen LogP contribution in [0, 0.1) is 5.92 Å². The van der Waals surface area contributed by atoms with Crippen LogP contribution in [0.3, 0.4) is 0 Å². The van der Waals surface area contributed by atoms with Crippen molar-refractivity contribution in [2.24, 2.45) is 5.92 Å². The van der Waals surface area contributed by atoms with Crippen molar-refractivity contribution in [3.05, 3.63) is 24.3 Å². The van der Waals surface area contributed by atoms with E-state index in [-0.39, 0.29) is 11.9 Å². The minimum Gasteiger partial charge on any atom is -0.469 e. The highest BCUT2D eigenvalue weighted by atomic mass is 16.5. The van der Waals surface area contributed by atoms with Gasteiger partial charge in [0.1, 0.15) is 0 Å². The van der Waals surface area contributed by atoms with Gasteiger partial charge in [-0.1, -0.05) is 12.1 Å². The van der Waals surface area contributed by atoms with Gasteiger partial charge in [0.2, 0.25) is 0 Å². The van der Waals surface area contributed by atoms with Crippen molar-refractivity contribution in [3.63, 3.8) is 0 Å². The van der Waals surface area contributed by atoms with Crippen molar-refractivity contribution in [2.75, 3.05) is 30.8 Å². The summed E-state index contributed by atoms with van der Waals surface area (Å²) >= 11 is 0. The summed E-state index contributed by atoms with van der Waals surface area (Å²) in [5, 5.41) is 6.67. The van der Waals surface area contributed by atoms with E-state index in [0.717, 1.165) is 24.5 Å². The number of benzene rings is 1. The molecule has 4 heteroatoms. The fourth-order valence-corrected chi connectivity index (χ4v) is 1.84. The number of nitrogens with one attached hydrogen (secondary N) is 2. The predicted molar refractivity (Wildman–Crippen MR) is 63.5 cm³/mol. The lowest BCUT2D eigenvalue weighted by molar-refractivity contribution is -0.141. The second kappa shape index (κ2) is 4.88. The molecule has 0 amide bonds. The van der Waals surface area contributed by atoms with E-state index >= 15 is 0 Å². The van der Waals surface area contributed by atoms with Gasteiger partial charge < -0.3 is 15.4 Å². The summed E-state index contributed by atoms with van der Waals surface area (Å²) in [6.07, 6.45) is 0.449. The van der Waals surface area contributed by atoms with Gasteiger partial charge in [-0.15, -0.1) is 0 Å². The van der Waals surface area contributed by atoms with E-state index in [1.807, 2.05) is 24.3 Å². The summed E-state index contributed by atoms with van der Waals surface area (Å²) < 4.78 is 4.68. The lowest BCUT2D eigenvalue weighted by Gasteiger charge is -2.12. The quantitative estimate of drug-likeness (QED) is 0.745. The zero-order valence-corrected chi connectivity index (χ0v) is 9.32. The Bertz CT molecular complexity index is 352. The zero-order chi connectivity index (χ0) is 11.4.